The lowest BCUT2D eigenvalue weighted by atomic mass is 10.3. The average Bonchev–Trinajstić information content (AvgIpc) is 2.18. The van der Waals surface area contributed by atoms with Gasteiger partial charge in [0.1, 0.15) is 5.69 Å². The molecule has 0 saturated carbocycles. The minimum absolute atomic E-state index is 0.0805. The first kappa shape index (κ1) is 9.38. The first-order valence-electron chi connectivity index (χ1n) is 3.99. The Morgan fingerprint density at radius 2 is 2.31 bits per heavy atom. The van der Waals surface area contributed by atoms with Gasteiger partial charge < -0.3 is 5.32 Å². The second-order valence-corrected chi connectivity index (χ2v) is 2.54. The van der Waals surface area contributed by atoms with Crippen LogP contribution in [-0.2, 0) is 4.79 Å². The minimum Gasteiger partial charge on any atom is -0.326 e. The fourth-order valence-electron chi connectivity index (χ4n) is 0.890. The maximum atomic E-state index is 11.0. The molecule has 1 aromatic rings. The number of hydrogen-bond donors (Lipinski definition) is 1. The third-order valence-electron chi connectivity index (χ3n) is 1.56. The van der Waals surface area contributed by atoms with Crippen LogP contribution >= 0.6 is 0 Å². The topological polar surface area (TPSA) is 58.5 Å². The normalized spacial score (nSPS) is 9.31. The van der Waals surface area contributed by atoms with E-state index in [0.29, 0.717) is 17.8 Å². The Hall–Kier alpha value is -1.71. The van der Waals surface area contributed by atoms with Crippen LogP contribution in [0.1, 0.15) is 13.3 Å². The summed E-state index contributed by atoms with van der Waals surface area (Å²) in [5, 5.41) is 5.39. The molecular formula is C9H10N2O2. The van der Waals surface area contributed by atoms with E-state index in [2.05, 4.69) is 10.5 Å². The van der Waals surface area contributed by atoms with Gasteiger partial charge in [-0.15, -0.1) is 4.91 Å². The predicted octanol–water partition coefficient (Wildman–Crippen LogP) is 2.43. The van der Waals surface area contributed by atoms with Gasteiger partial charge in [-0.1, -0.05) is 13.0 Å². The highest BCUT2D eigenvalue weighted by atomic mass is 16.3. The van der Waals surface area contributed by atoms with E-state index in [1.165, 1.54) is 6.07 Å². The van der Waals surface area contributed by atoms with Crippen molar-refractivity contribution < 1.29 is 4.79 Å². The maximum absolute atomic E-state index is 11.0. The quantitative estimate of drug-likeness (QED) is 0.722. The molecule has 0 bridgehead atoms. The van der Waals surface area contributed by atoms with Gasteiger partial charge in [-0.3, -0.25) is 4.79 Å². The summed E-state index contributed by atoms with van der Waals surface area (Å²) in [5.41, 5.74) is 0.915. The van der Waals surface area contributed by atoms with Crippen molar-refractivity contribution in [3.05, 3.63) is 29.2 Å². The van der Waals surface area contributed by atoms with Crippen LogP contribution in [0.4, 0.5) is 11.4 Å². The largest absolute Gasteiger partial charge is 0.326 e. The van der Waals surface area contributed by atoms with Gasteiger partial charge in [-0.25, -0.2) is 0 Å². The Kier molecular flexibility index (Phi) is 3.14. The number of nitrogens with zero attached hydrogens (tertiary/aromatic N) is 1. The van der Waals surface area contributed by atoms with Crippen LogP contribution in [0.25, 0.3) is 0 Å². The molecule has 0 aliphatic rings. The minimum atomic E-state index is -0.0805. The number of carbonyl (C=O) groups is 1. The number of hydrogen-bond acceptors (Lipinski definition) is 3. The molecule has 0 saturated heterocycles. The van der Waals surface area contributed by atoms with Crippen molar-refractivity contribution >= 4 is 17.3 Å². The summed E-state index contributed by atoms with van der Waals surface area (Å²) in [6.07, 6.45) is 0.415. The SMILES string of the molecule is CCC(=O)Nc1cccc(N=O)c1. The van der Waals surface area contributed by atoms with E-state index >= 15 is 0 Å². The van der Waals surface area contributed by atoms with Gasteiger partial charge in [0.2, 0.25) is 5.91 Å². The molecule has 0 fully saturated rings. The molecular weight excluding hydrogens is 168 g/mol. The zero-order chi connectivity index (χ0) is 9.68. The number of nitroso groups, excluding NO2 is 1. The summed E-state index contributed by atoms with van der Waals surface area (Å²) in [4.78, 5) is 21.1. The molecule has 4 nitrogen and oxygen atoms in total. The summed E-state index contributed by atoms with van der Waals surface area (Å²) in [5.74, 6) is -0.0805. The van der Waals surface area contributed by atoms with Crippen LogP contribution in [0.15, 0.2) is 29.4 Å². The van der Waals surface area contributed by atoms with Crippen LogP contribution in [0.5, 0.6) is 0 Å². The zero-order valence-electron chi connectivity index (χ0n) is 7.28. The molecule has 0 heterocycles. The van der Waals surface area contributed by atoms with Crippen molar-refractivity contribution in [2.45, 2.75) is 13.3 Å². The lowest BCUT2D eigenvalue weighted by Gasteiger charge is -2.02. The van der Waals surface area contributed by atoms with Gasteiger partial charge in [0, 0.05) is 12.1 Å². The summed E-state index contributed by atoms with van der Waals surface area (Å²) in [7, 11) is 0. The molecule has 0 aliphatic carbocycles. The van der Waals surface area contributed by atoms with Gasteiger partial charge in [0.05, 0.1) is 0 Å². The fraction of sp³-hybridized carbons (Fsp3) is 0.222. The van der Waals surface area contributed by atoms with E-state index in [-0.39, 0.29) is 5.91 Å². The second kappa shape index (κ2) is 4.35. The number of anilines is 1. The number of benzene rings is 1. The lowest BCUT2D eigenvalue weighted by molar-refractivity contribution is -0.115. The van der Waals surface area contributed by atoms with E-state index in [4.69, 9.17) is 0 Å². The van der Waals surface area contributed by atoms with Crippen LogP contribution < -0.4 is 5.32 Å². The second-order valence-electron chi connectivity index (χ2n) is 2.54. The molecule has 1 amide bonds. The van der Waals surface area contributed by atoms with Crippen molar-refractivity contribution in [1.82, 2.24) is 0 Å². The Morgan fingerprint density at radius 1 is 1.54 bits per heavy atom. The standard InChI is InChI=1S/C9H10N2O2/c1-2-9(12)10-7-4-3-5-8(6-7)11-13/h3-6H,2H2,1H3,(H,10,12). The van der Waals surface area contributed by atoms with Crippen molar-refractivity contribution in [2.24, 2.45) is 5.18 Å². The summed E-state index contributed by atoms with van der Waals surface area (Å²) >= 11 is 0. The van der Waals surface area contributed by atoms with Crippen LogP contribution in [0.3, 0.4) is 0 Å². The number of carbonyl (C=O) groups excluding carboxylic acids is 1. The highest BCUT2D eigenvalue weighted by Gasteiger charge is 1.99. The van der Waals surface area contributed by atoms with Crippen molar-refractivity contribution in [2.75, 3.05) is 5.32 Å². The fourth-order valence-corrected chi connectivity index (χ4v) is 0.890. The smallest absolute Gasteiger partial charge is 0.224 e. The van der Waals surface area contributed by atoms with Gasteiger partial charge in [-0.2, -0.15) is 0 Å². The van der Waals surface area contributed by atoms with Crippen LogP contribution in [0.2, 0.25) is 0 Å². The van der Waals surface area contributed by atoms with E-state index in [1.807, 2.05) is 0 Å². The molecule has 0 unspecified atom stereocenters. The van der Waals surface area contributed by atoms with Crippen molar-refractivity contribution in [3.63, 3.8) is 0 Å². The molecule has 1 aromatic carbocycles. The van der Waals surface area contributed by atoms with Gasteiger partial charge >= 0.3 is 0 Å². The highest BCUT2D eigenvalue weighted by Crippen LogP contribution is 2.17. The number of amides is 1. The Balaban J connectivity index is 2.77. The third kappa shape index (κ3) is 2.66. The highest BCUT2D eigenvalue weighted by molar-refractivity contribution is 5.90. The Labute approximate surface area is 75.9 Å². The summed E-state index contributed by atoms with van der Waals surface area (Å²) < 4.78 is 0. The molecule has 0 spiro atoms. The first-order valence-corrected chi connectivity index (χ1v) is 3.99. The monoisotopic (exact) mass is 178 g/mol. The van der Waals surface area contributed by atoms with E-state index in [1.54, 1.807) is 25.1 Å². The molecule has 13 heavy (non-hydrogen) atoms. The first-order chi connectivity index (χ1) is 6.26. The lowest BCUT2D eigenvalue weighted by Crippen LogP contribution is -2.08. The molecule has 0 radical (unpaired) electrons. The van der Waals surface area contributed by atoms with E-state index < -0.39 is 0 Å². The molecule has 1 N–H and O–H groups in total. The molecule has 68 valence electrons. The van der Waals surface area contributed by atoms with Crippen molar-refractivity contribution in [3.8, 4) is 0 Å². The predicted molar refractivity (Wildman–Crippen MR) is 50.8 cm³/mol. The molecule has 1 rings (SSSR count). The van der Waals surface area contributed by atoms with E-state index in [9.17, 15) is 9.70 Å². The molecule has 0 aliphatic heterocycles. The average molecular weight is 178 g/mol. The molecule has 0 atom stereocenters. The Bertz CT molecular complexity index is 323. The molecule has 0 aromatic heterocycles. The van der Waals surface area contributed by atoms with Crippen molar-refractivity contribution in [1.29, 1.82) is 0 Å². The third-order valence-corrected chi connectivity index (χ3v) is 1.56. The number of rotatable bonds is 3. The van der Waals surface area contributed by atoms with Crippen LogP contribution in [-0.4, -0.2) is 5.91 Å². The van der Waals surface area contributed by atoms with Crippen LogP contribution in [0, 0.1) is 4.91 Å². The molecule has 4 heteroatoms. The maximum Gasteiger partial charge on any atom is 0.224 e. The van der Waals surface area contributed by atoms with Gasteiger partial charge in [-0.05, 0) is 23.4 Å². The van der Waals surface area contributed by atoms with Gasteiger partial charge in [0.15, 0.2) is 0 Å². The summed E-state index contributed by atoms with van der Waals surface area (Å²) in [6, 6.07) is 6.49. The zero-order valence-corrected chi connectivity index (χ0v) is 7.28. The number of nitrogens with one attached hydrogen (secondary N) is 1. The van der Waals surface area contributed by atoms with E-state index in [0.717, 1.165) is 0 Å². The van der Waals surface area contributed by atoms with Gasteiger partial charge in [0.25, 0.3) is 0 Å². The summed E-state index contributed by atoms with van der Waals surface area (Å²) in [6.45, 7) is 1.76. The Morgan fingerprint density at radius 3 is 2.92 bits per heavy atom.